The van der Waals surface area contributed by atoms with E-state index in [-0.39, 0.29) is 5.97 Å². The van der Waals surface area contributed by atoms with E-state index in [1.165, 1.54) is 12.8 Å². The lowest BCUT2D eigenvalue weighted by atomic mass is 10.3. The van der Waals surface area contributed by atoms with Crippen molar-refractivity contribution in [1.29, 1.82) is 0 Å². The number of ether oxygens (including phenoxy) is 1. The van der Waals surface area contributed by atoms with Gasteiger partial charge in [-0.25, -0.2) is 0 Å². The number of nitrogens with one attached hydrogen (secondary N) is 1. The molecule has 1 N–H and O–H groups in total. The van der Waals surface area contributed by atoms with Crippen LogP contribution in [0.2, 0.25) is 0 Å². The van der Waals surface area contributed by atoms with Crippen LogP contribution < -0.4 is 5.32 Å². The van der Waals surface area contributed by atoms with Gasteiger partial charge in [-0.2, -0.15) is 0 Å². The summed E-state index contributed by atoms with van der Waals surface area (Å²) in [6.07, 6.45) is 4.09. The zero-order valence-electron chi connectivity index (χ0n) is 10.0. The summed E-state index contributed by atoms with van der Waals surface area (Å²) in [6, 6.07) is 9.88. The Balaban J connectivity index is 1.53. The van der Waals surface area contributed by atoms with E-state index in [2.05, 4.69) is 5.32 Å². The van der Waals surface area contributed by atoms with Crippen LogP contribution in [-0.2, 0) is 9.53 Å². The van der Waals surface area contributed by atoms with Crippen molar-refractivity contribution in [2.75, 3.05) is 18.5 Å². The second-order valence-corrected chi connectivity index (χ2v) is 4.50. The number of hydrogen-bond donors (Lipinski definition) is 1. The minimum Gasteiger partial charge on any atom is -0.466 e. The van der Waals surface area contributed by atoms with Gasteiger partial charge in [-0.05, 0) is 24.5 Å². The monoisotopic (exact) mass is 233 g/mol. The summed E-state index contributed by atoms with van der Waals surface area (Å²) < 4.78 is 5.15. The molecule has 1 aliphatic carbocycles. The zero-order valence-corrected chi connectivity index (χ0v) is 10.0. The highest BCUT2D eigenvalue weighted by atomic mass is 16.5. The summed E-state index contributed by atoms with van der Waals surface area (Å²) in [4.78, 5) is 11.4. The minimum atomic E-state index is -0.103. The lowest BCUT2D eigenvalue weighted by Gasteiger charge is -2.06. The van der Waals surface area contributed by atoms with Crippen LogP contribution in [0, 0.1) is 5.92 Å². The van der Waals surface area contributed by atoms with E-state index in [0.29, 0.717) is 19.6 Å². The number of benzene rings is 1. The first kappa shape index (κ1) is 12.0. The van der Waals surface area contributed by atoms with Crippen LogP contribution in [0.1, 0.15) is 25.7 Å². The predicted molar refractivity (Wildman–Crippen MR) is 67.8 cm³/mol. The lowest BCUT2D eigenvalue weighted by Crippen LogP contribution is -2.12. The average Bonchev–Trinajstić information content (AvgIpc) is 3.14. The van der Waals surface area contributed by atoms with Gasteiger partial charge in [0.2, 0.25) is 0 Å². The van der Waals surface area contributed by atoms with Gasteiger partial charge in [0.1, 0.15) is 0 Å². The molecule has 17 heavy (non-hydrogen) atoms. The second kappa shape index (κ2) is 6.28. The van der Waals surface area contributed by atoms with Crippen LogP contribution in [-0.4, -0.2) is 19.1 Å². The largest absolute Gasteiger partial charge is 0.466 e. The Morgan fingerprint density at radius 2 is 2.06 bits per heavy atom. The fourth-order valence-electron chi connectivity index (χ4n) is 1.68. The van der Waals surface area contributed by atoms with Crippen LogP contribution in [0.5, 0.6) is 0 Å². The molecule has 1 fully saturated rings. The molecule has 1 aromatic rings. The van der Waals surface area contributed by atoms with Gasteiger partial charge in [-0.3, -0.25) is 4.79 Å². The summed E-state index contributed by atoms with van der Waals surface area (Å²) in [5.74, 6) is 0.722. The maximum absolute atomic E-state index is 11.4. The minimum absolute atomic E-state index is 0.103. The highest BCUT2D eigenvalue weighted by Gasteiger charge is 2.21. The maximum Gasteiger partial charge on any atom is 0.307 e. The van der Waals surface area contributed by atoms with Gasteiger partial charge >= 0.3 is 5.97 Å². The van der Waals surface area contributed by atoms with Gasteiger partial charge in [-0.1, -0.05) is 31.0 Å². The number of carbonyl (C=O) groups is 1. The molecule has 0 spiro atoms. The van der Waals surface area contributed by atoms with Gasteiger partial charge < -0.3 is 10.1 Å². The Labute approximate surface area is 102 Å². The van der Waals surface area contributed by atoms with Crippen molar-refractivity contribution in [1.82, 2.24) is 0 Å². The van der Waals surface area contributed by atoms with E-state index in [9.17, 15) is 4.79 Å². The van der Waals surface area contributed by atoms with Crippen LogP contribution >= 0.6 is 0 Å². The average molecular weight is 233 g/mol. The Hall–Kier alpha value is -1.51. The summed E-state index contributed by atoms with van der Waals surface area (Å²) >= 11 is 0. The van der Waals surface area contributed by atoms with Crippen LogP contribution in [0.15, 0.2) is 30.3 Å². The molecule has 1 saturated carbocycles. The highest BCUT2D eigenvalue weighted by Crippen LogP contribution is 2.32. The molecule has 0 radical (unpaired) electrons. The van der Waals surface area contributed by atoms with Gasteiger partial charge in [0.15, 0.2) is 0 Å². The summed E-state index contributed by atoms with van der Waals surface area (Å²) in [6.45, 7) is 1.22. The molecular weight excluding hydrogens is 214 g/mol. The van der Waals surface area contributed by atoms with Gasteiger partial charge in [0.25, 0.3) is 0 Å². The molecule has 92 valence electrons. The molecule has 0 unspecified atom stereocenters. The van der Waals surface area contributed by atoms with Crippen molar-refractivity contribution in [3.8, 4) is 0 Å². The molecule has 2 rings (SSSR count). The molecule has 0 amide bonds. The molecule has 0 aromatic heterocycles. The van der Waals surface area contributed by atoms with Gasteiger partial charge in [0, 0.05) is 12.2 Å². The molecule has 1 aromatic carbocycles. The third-order valence-electron chi connectivity index (χ3n) is 2.92. The molecule has 0 aliphatic heterocycles. The van der Waals surface area contributed by atoms with E-state index in [1.54, 1.807) is 0 Å². The first-order valence-electron chi connectivity index (χ1n) is 6.29. The number of hydrogen-bond acceptors (Lipinski definition) is 3. The highest BCUT2D eigenvalue weighted by molar-refractivity contribution is 5.70. The summed E-state index contributed by atoms with van der Waals surface area (Å²) in [7, 11) is 0. The first-order chi connectivity index (χ1) is 8.34. The molecule has 3 nitrogen and oxygen atoms in total. The lowest BCUT2D eigenvalue weighted by molar-refractivity contribution is -0.143. The van der Waals surface area contributed by atoms with E-state index in [1.807, 2.05) is 30.3 Å². The molecule has 0 bridgehead atoms. The maximum atomic E-state index is 11.4. The second-order valence-electron chi connectivity index (χ2n) is 4.50. The van der Waals surface area contributed by atoms with Gasteiger partial charge in [-0.15, -0.1) is 0 Å². The van der Waals surface area contributed by atoms with Crippen LogP contribution in [0.3, 0.4) is 0 Å². The van der Waals surface area contributed by atoms with Crippen LogP contribution in [0.4, 0.5) is 5.69 Å². The Bertz CT molecular complexity index is 346. The van der Waals surface area contributed by atoms with E-state index >= 15 is 0 Å². The Morgan fingerprint density at radius 1 is 1.29 bits per heavy atom. The topological polar surface area (TPSA) is 38.3 Å². The molecule has 0 atom stereocenters. The fraction of sp³-hybridized carbons (Fsp3) is 0.500. The van der Waals surface area contributed by atoms with Crippen molar-refractivity contribution in [2.45, 2.75) is 25.7 Å². The van der Waals surface area contributed by atoms with E-state index < -0.39 is 0 Å². The molecular formula is C14H19NO2. The molecule has 0 saturated heterocycles. The SMILES string of the molecule is O=C(CCNc1ccccc1)OCCC1CC1. The van der Waals surface area contributed by atoms with Crippen molar-refractivity contribution in [2.24, 2.45) is 5.92 Å². The van der Waals surface area contributed by atoms with Gasteiger partial charge in [0.05, 0.1) is 13.0 Å². The molecule has 1 aliphatic rings. The fourth-order valence-corrected chi connectivity index (χ4v) is 1.68. The number of para-hydroxylation sites is 1. The van der Waals surface area contributed by atoms with E-state index in [4.69, 9.17) is 4.74 Å². The number of carbonyl (C=O) groups excluding carboxylic acids is 1. The smallest absolute Gasteiger partial charge is 0.307 e. The van der Waals surface area contributed by atoms with Crippen LogP contribution in [0.25, 0.3) is 0 Å². The van der Waals surface area contributed by atoms with E-state index in [0.717, 1.165) is 18.0 Å². The zero-order chi connectivity index (χ0) is 11.9. The molecule has 0 heterocycles. The van der Waals surface area contributed by atoms with Crippen molar-refractivity contribution in [3.05, 3.63) is 30.3 Å². The number of anilines is 1. The first-order valence-corrected chi connectivity index (χ1v) is 6.29. The third kappa shape index (κ3) is 4.89. The number of rotatable bonds is 7. The Morgan fingerprint density at radius 3 is 2.76 bits per heavy atom. The molecule has 3 heteroatoms. The number of esters is 1. The van der Waals surface area contributed by atoms with Crippen molar-refractivity contribution < 1.29 is 9.53 Å². The predicted octanol–water partition coefficient (Wildman–Crippen LogP) is 2.83. The summed E-state index contributed by atoms with van der Waals surface area (Å²) in [5.41, 5.74) is 1.04. The third-order valence-corrected chi connectivity index (χ3v) is 2.92. The normalized spacial score (nSPS) is 14.4. The standard InChI is InChI=1S/C14H19NO2/c16-14(17-11-9-12-6-7-12)8-10-15-13-4-2-1-3-5-13/h1-5,12,15H,6-11H2. The Kier molecular flexibility index (Phi) is 4.42. The van der Waals surface area contributed by atoms with Crippen molar-refractivity contribution >= 4 is 11.7 Å². The summed E-state index contributed by atoms with van der Waals surface area (Å²) in [5, 5.41) is 3.19. The quantitative estimate of drug-likeness (QED) is 0.736. The van der Waals surface area contributed by atoms with Crippen molar-refractivity contribution in [3.63, 3.8) is 0 Å².